The molecule has 0 aliphatic heterocycles. The van der Waals surface area contributed by atoms with Crippen LogP contribution < -0.4 is 9.62 Å². The third-order valence-corrected chi connectivity index (χ3v) is 8.22. The molecule has 0 aromatic heterocycles. The first-order valence-corrected chi connectivity index (χ1v) is 14.2. The molecule has 1 amide bonds. The van der Waals surface area contributed by atoms with Gasteiger partial charge in [0.1, 0.15) is 12.4 Å². The number of aryl methyl sites for hydroxylation is 1. The zero-order valence-electron chi connectivity index (χ0n) is 22.8. The number of halogens is 1. The molecule has 0 atom stereocenters. The van der Waals surface area contributed by atoms with E-state index < -0.39 is 28.3 Å². The van der Waals surface area contributed by atoms with Crippen LogP contribution in [0.15, 0.2) is 102 Å². The van der Waals surface area contributed by atoms with Crippen LogP contribution in [0.25, 0.3) is 0 Å². The summed E-state index contributed by atoms with van der Waals surface area (Å²) >= 11 is 0. The van der Waals surface area contributed by atoms with Gasteiger partial charge in [-0.3, -0.25) is 13.9 Å². The molecule has 0 unspecified atom stereocenters. The van der Waals surface area contributed by atoms with Crippen LogP contribution in [0.2, 0.25) is 0 Å². The Kier molecular flexibility index (Phi) is 8.21. The Labute approximate surface area is 234 Å². The lowest BCUT2D eigenvalue weighted by Crippen LogP contribution is -2.38. The molecule has 4 aromatic rings. The SMILES string of the molecule is Cc1ccc(S(=O)(=O)N(CC(=O)Nc2cccc(C(=O)c3ccc(C(C)(C)C)cc3)c2)c2ccc(F)cc2)cc1. The van der Waals surface area contributed by atoms with E-state index in [9.17, 15) is 22.4 Å². The fourth-order valence-corrected chi connectivity index (χ4v) is 5.54. The first kappa shape index (κ1) is 28.7. The minimum Gasteiger partial charge on any atom is -0.324 e. The summed E-state index contributed by atoms with van der Waals surface area (Å²) in [6.45, 7) is 7.56. The van der Waals surface area contributed by atoms with Gasteiger partial charge in [0.05, 0.1) is 10.6 Å². The van der Waals surface area contributed by atoms with Gasteiger partial charge in [-0.2, -0.15) is 0 Å². The second-order valence-corrected chi connectivity index (χ2v) is 12.4. The number of benzene rings is 4. The van der Waals surface area contributed by atoms with Gasteiger partial charge in [-0.15, -0.1) is 0 Å². The topological polar surface area (TPSA) is 83.6 Å². The lowest BCUT2D eigenvalue weighted by molar-refractivity contribution is -0.114. The smallest absolute Gasteiger partial charge is 0.264 e. The van der Waals surface area contributed by atoms with E-state index in [1.165, 1.54) is 24.3 Å². The van der Waals surface area contributed by atoms with Gasteiger partial charge in [0, 0.05) is 16.8 Å². The van der Waals surface area contributed by atoms with Crippen LogP contribution in [0.3, 0.4) is 0 Å². The van der Waals surface area contributed by atoms with Crippen LogP contribution in [0, 0.1) is 12.7 Å². The maximum Gasteiger partial charge on any atom is 0.264 e. The molecule has 4 aromatic carbocycles. The highest BCUT2D eigenvalue weighted by atomic mass is 32.2. The Morgan fingerprint density at radius 3 is 2.05 bits per heavy atom. The van der Waals surface area contributed by atoms with Gasteiger partial charge in [-0.1, -0.05) is 74.9 Å². The predicted molar refractivity (Wildman–Crippen MR) is 156 cm³/mol. The second kappa shape index (κ2) is 11.4. The van der Waals surface area contributed by atoms with Crippen LogP contribution >= 0.6 is 0 Å². The number of carbonyl (C=O) groups is 2. The molecule has 40 heavy (non-hydrogen) atoms. The van der Waals surface area contributed by atoms with E-state index in [-0.39, 0.29) is 21.8 Å². The number of hydrogen-bond donors (Lipinski definition) is 1. The fourth-order valence-electron chi connectivity index (χ4n) is 4.12. The zero-order chi connectivity index (χ0) is 29.1. The molecular weight excluding hydrogens is 527 g/mol. The summed E-state index contributed by atoms with van der Waals surface area (Å²) in [5, 5.41) is 2.69. The summed E-state index contributed by atoms with van der Waals surface area (Å²) in [6, 6.07) is 25.0. The zero-order valence-corrected chi connectivity index (χ0v) is 23.6. The molecule has 0 saturated carbocycles. The number of rotatable bonds is 8. The standard InChI is InChI=1S/C32H31FN2O4S/c1-22-8-18-29(19-9-22)40(38,39)35(28-16-14-26(33)15-17-28)21-30(36)34-27-7-5-6-24(20-27)31(37)23-10-12-25(13-11-23)32(2,3)4/h5-20H,21H2,1-4H3,(H,34,36). The Morgan fingerprint density at radius 1 is 0.825 bits per heavy atom. The minimum atomic E-state index is -4.15. The summed E-state index contributed by atoms with van der Waals surface area (Å²) in [5.41, 5.74) is 3.32. The van der Waals surface area contributed by atoms with Crippen molar-refractivity contribution in [3.05, 3.63) is 125 Å². The minimum absolute atomic E-state index is 0.000276. The molecular formula is C32H31FN2O4S. The largest absolute Gasteiger partial charge is 0.324 e. The molecule has 0 bridgehead atoms. The maximum atomic E-state index is 13.6. The third-order valence-electron chi connectivity index (χ3n) is 6.43. The molecule has 4 rings (SSSR count). The predicted octanol–water partition coefficient (Wildman–Crippen LogP) is 6.50. The number of amides is 1. The Hall–Kier alpha value is -4.30. The van der Waals surface area contributed by atoms with Gasteiger partial charge in [0.25, 0.3) is 10.0 Å². The number of carbonyl (C=O) groups excluding carboxylic acids is 2. The molecule has 0 heterocycles. The van der Waals surface area contributed by atoms with Crippen LogP contribution in [0.1, 0.15) is 47.8 Å². The molecule has 6 nitrogen and oxygen atoms in total. The molecule has 0 aliphatic carbocycles. The summed E-state index contributed by atoms with van der Waals surface area (Å²) in [6.07, 6.45) is 0. The number of sulfonamides is 1. The van der Waals surface area contributed by atoms with Crippen LogP contribution in [-0.4, -0.2) is 26.7 Å². The lowest BCUT2D eigenvalue weighted by Gasteiger charge is -2.24. The molecule has 8 heteroatoms. The average molecular weight is 559 g/mol. The van der Waals surface area contributed by atoms with Crippen molar-refractivity contribution < 1.29 is 22.4 Å². The summed E-state index contributed by atoms with van der Waals surface area (Å²) in [5.74, 6) is -1.36. The summed E-state index contributed by atoms with van der Waals surface area (Å²) < 4.78 is 41.5. The van der Waals surface area contributed by atoms with Gasteiger partial charge in [-0.05, 0) is 66.4 Å². The van der Waals surface area contributed by atoms with Gasteiger partial charge in [-0.25, -0.2) is 12.8 Å². The number of ketones is 1. The van der Waals surface area contributed by atoms with E-state index in [0.29, 0.717) is 16.8 Å². The Bertz CT molecular complexity index is 1620. The van der Waals surface area contributed by atoms with Crippen molar-refractivity contribution in [1.82, 2.24) is 0 Å². The molecule has 0 radical (unpaired) electrons. The first-order valence-electron chi connectivity index (χ1n) is 12.7. The lowest BCUT2D eigenvalue weighted by atomic mass is 9.86. The highest BCUT2D eigenvalue weighted by Crippen LogP contribution is 2.26. The number of hydrogen-bond acceptors (Lipinski definition) is 4. The Balaban J connectivity index is 1.56. The van der Waals surface area contributed by atoms with Crippen molar-refractivity contribution >= 4 is 33.1 Å². The molecule has 206 valence electrons. The monoisotopic (exact) mass is 558 g/mol. The summed E-state index contributed by atoms with van der Waals surface area (Å²) in [4.78, 5) is 26.2. The second-order valence-electron chi connectivity index (χ2n) is 10.6. The van der Waals surface area contributed by atoms with Gasteiger partial charge >= 0.3 is 0 Å². The molecule has 0 saturated heterocycles. The molecule has 0 aliphatic rings. The van der Waals surface area contributed by atoms with Crippen molar-refractivity contribution in [3.63, 3.8) is 0 Å². The average Bonchev–Trinajstić information content (AvgIpc) is 2.92. The van der Waals surface area contributed by atoms with E-state index in [4.69, 9.17) is 0 Å². The first-order chi connectivity index (χ1) is 18.8. The van der Waals surface area contributed by atoms with Crippen LogP contribution in [0.4, 0.5) is 15.8 Å². The van der Waals surface area contributed by atoms with Crippen molar-refractivity contribution in [2.75, 3.05) is 16.2 Å². The van der Waals surface area contributed by atoms with E-state index in [2.05, 4.69) is 26.1 Å². The fraction of sp³-hybridized carbons (Fsp3) is 0.188. The van der Waals surface area contributed by atoms with Gasteiger partial charge < -0.3 is 5.32 Å². The quantitative estimate of drug-likeness (QED) is 0.250. The van der Waals surface area contributed by atoms with E-state index in [1.807, 2.05) is 19.1 Å². The summed E-state index contributed by atoms with van der Waals surface area (Å²) in [7, 11) is -4.15. The number of nitrogens with one attached hydrogen (secondary N) is 1. The normalized spacial score (nSPS) is 11.6. The molecule has 1 N–H and O–H groups in total. The van der Waals surface area contributed by atoms with Crippen molar-refractivity contribution in [3.8, 4) is 0 Å². The number of anilines is 2. The van der Waals surface area contributed by atoms with E-state index in [0.717, 1.165) is 27.6 Å². The van der Waals surface area contributed by atoms with E-state index in [1.54, 1.807) is 48.5 Å². The number of nitrogens with zero attached hydrogens (tertiary/aromatic N) is 1. The van der Waals surface area contributed by atoms with Gasteiger partial charge in [0.15, 0.2) is 5.78 Å². The Morgan fingerprint density at radius 2 is 1.45 bits per heavy atom. The molecule has 0 spiro atoms. The van der Waals surface area contributed by atoms with Crippen molar-refractivity contribution in [2.45, 2.75) is 38.0 Å². The van der Waals surface area contributed by atoms with Crippen molar-refractivity contribution in [2.24, 2.45) is 0 Å². The van der Waals surface area contributed by atoms with E-state index >= 15 is 0 Å². The molecule has 0 fully saturated rings. The van der Waals surface area contributed by atoms with Crippen LogP contribution in [-0.2, 0) is 20.2 Å². The maximum absolute atomic E-state index is 13.6. The van der Waals surface area contributed by atoms with Gasteiger partial charge in [0.2, 0.25) is 5.91 Å². The van der Waals surface area contributed by atoms with Crippen LogP contribution in [0.5, 0.6) is 0 Å². The highest BCUT2D eigenvalue weighted by Gasteiger charge is 2.27. The third kappa shape index (κ3) is 6.63. The highest BCUT2D eigenvalue weighted by molar-refractivity contribution is 7.92. The van der Waals surface area contributed by atoms with Crippen molar-refractivity contribution in [1.29, 1.82) is 0 Å².